The topological polar surface area (TPSA) is 238 Å². The number of carbonyl (C=O) groups is 9. The number of amides is 8. The van der Waals surface area contributed by atoms with Crippen LogP contribution in [0.2, 0.25) is 0 Å². The van der Waals surface area contributed by atoms with E-state index in [1.807, 2.05) is 13.8 Å². The summed E-state index contributed by atoms with van der Waals surface area (Å²) in [6, 6.07) is 7.76. The third kappa shape index (κ3) is 16.6. The molecule has 286 valence electrons. The molecule has 1 aliphatic heterocycles. The summed E-state index contributed by atoms with van der Waals surface area (Å²) in [4.78, 5) is 111. The Morgan fingerprint density at radius 1 is 0.788 bits per heavy atom. The molecule has 1 saturated heterocycles. The van der Waals surface area contributed by atoms with Crippen LogP contribution < -0.4 is 31.9 Å². The Morgan fingerprint density at radius 3 is 2.10 bits per heavy atom. The SMILES string of the molecule is CCC(=O)COC(=O)NCCNC(=O)CNC(=O)[C@H](Cc1ccccc1)NC(=O)CNC(=O)CNC(=O)CCCCCN1C(=O)CC(C(C)C)C1=O. The fourth-order valence-electron chi connectivity index (χ4n) is 5.03. The van der Waals surface area contributed by atoms with Crippen molar-refractivity contribution in [2.45, 2.75) is 71.8 Å². The summed E-state index contributed by atoms with van der Waals surface area (Å²) in [6.45, 7) is 4.25. The lowest BCUT2D eigenvalue weighted by Gasteiger charge is -2.19. The van der Waals surface area contributed by atoms with Crippen LogP contribution in [0.5, 0.6) is 0 Å². The molecule has 1 fully saturated rings. The number of likely N-dealkylation sites (tertiary alicyclic amines) is 1. The van der Waals surface area contributed by atoms with Gasteiger partial charge in [0.05, 0.1) is 19.6 Å². The number of ether oxygens (including phenoxy) is 1. The number of ketones is 1. The largest absolute Gasteiger partial charge is 0.442 e. The third-order valence-corrected chi connectivity index (χ3v) is 8.09. The van der Waals surface area contributed by atoms with Crippen LogP contribution in [-0.4, -0.2) is 110 Å². The molecule has 8 amide bonds. The highest BCUT2D eigenvalue weighted by Crippen LogP contribution is 2.26. The Kier molecular flexibility index (Phi) is 19.1. The fourth-order valence-corrected chi connectivity index (χ4v) is 5.03. The van der Waals surface area contributed by atoms with Crippen molar-refractivity contribution in [2.24, 2.45) is 11.8 Å². The van der Waals surface area contributed by atoms with E-state index < -0.39 is 48.9 Å². The van der Waals surface area contributed by atoms with Crippen molar-refractivity contribution in [1.29, 1.82) is 0 Å². The molecule has 52 heavy (non-hydrogen) atoms. The van der Waals surface area contributed by atoms with Gasteiger partial charge in [-0.3, -0.25) is 43.3 Å². The van der Waals surface area contributed by atoms with Crippen LogP contribution in [0.3, 0.4) is 0 Å². The summed E-state index contributed by atoms with van der Waals surface area (Å²) < 4.78 is 4.72. The number of imide groups is 1. The van der Waals surface area contributed by atoms with Crippen LogP contribution >= 0.6 is 0 Å². The van der Waals surface area contributed by atoms with E-state index in [-0.39, 0.29) is 87.3 Å². The zero-order chi connectivity index (χ0) is 38.5. The molecule has 1 aromatic rings. The van der Waals surface area contributed by atoms with Crippen molar-refractivity contribution >= 4 is 53.2 Å². The zero-order valence-electron chi connectivity index (χ0n) is 30.0. The molecule has 6 N–H and O–H groups in total. The van der Waals surface area contributed by atoms with Crippen molar-refractivity contribution in [3.05, 3.63) is 35.9 Å². The summed E-state index contributed by atoms with van der Waals surface area (Å²) in [5.41, 5.74) is 0.732. The smallest absolute Gasteiger partial charge is 0.407 e. The summed E-state index contributed by atoms with van der Waals surface area (Å²) >= 11 is 0. The van der Waals surface area contributed by atoms with E-state index in [2.05, 4.69) is 31.9 Å². The molecule has 1 aromatic carbocycles. The molecule has 0 radical (unpaired) electrons. The summed E-state index contributed by atoms with van der Waals surface area (Å²) in [5, 5.41) is 14.8. The van der Waals surface area contributed by atoms with Crippen LogP contribution in [0.15, 0.2) is 30.3 Å². The van der Waals surface area contributed by atoms with Crippen molar-refractivity contribution < 1.29 is 47.9 Å². The van der Waals surface area contributed by atoms with Gasteiger partial charge in [0.15, 0.2) is 12.4 Å². The average molecular weight is 730 g/mol. The van der Waals surface area contributed by atoms with Crippen LogP contribution in [0, 0.1) is 11.8 Å². The van der Waals surface area contributed by atoms with Gasteiger partial charge in [-0.25, -0.2) is 4.79 Å². The number of carbonyl (C=O) groups excluding carboxylic acids is 9. The van der Waals surface area contributed by atoms with Crippen molar-refractivity contribution in [1.82, 2.24) is 36.8 Å². The quantitative estimate of drug-likeness (QED) is 0.0622. The second-order valence-electron chi connectivity index (χ2n) is 12.6. The highest BCUT2D eigenvalue weighted by Gasteiger charge is 2.39. The van der Waals surface area contributed by atoms with Gasteiger partial charge in [0.25, 0.3) is 0 Å². The highest BCUT2D eigenvalue weighted by atomic mass is 16.6. The fraction of sp³-hybridized carbons (Fsp3) is 0.571. The molecule has 0 saturated carbocycles. The molecular formula is C35H51N7O10. The van der Waals surface area contributed by atoms with E-state index in [9.17, 15) is 43.2 Å². The van der Waals surface area contributed by atoms with Gasteiger partial charge in [0.1, 0.15) is 6.04 Å². The molecule has 1 aliphatic rings. The Hall–Kier alpha value is -5.35. The summed E-state index contributed by atoms with van der Waals surface area (Å²) in [7, 11) is 0. The third-order valence-electron chi connectivity index (χ3n) is 8.09. The van der Waals surface area contributed by atoms with E-state index >= 15 is 0 Å². The Morgan fingerprint density at radius 2 is 1.42 bits per heavy atom. The van der Waals surface area contributed by atoms with Gasteiger partial charge in [-0.05, 0) is 24.3 Å². The molecular weight excluding hydrogens is 678 g/mol. The maximum Gasteiger partial charge on any atom is 0.407 e. The van der Waals surface area contributed by atoms with E-state index in [1.165, 1.54) is 4.90 Å². The van der Waals surface area contributed by atoms with E-state index in [4.69, 9.17) is 4.74 Å². The first-order chi connectivity index (χ1) is 24.8. The first-order valence-electron chi connectivity index (χ1n) is 17.5. The Balaban J connectivity index is 1.68. The maximum absolute atomic E-state index is 13.0. The Bertz CT molecular complexity index is 1420. The van der Waals surface area contributed by atoms with Gasteiger partial charge in [-0.1, -0.05) is 57.5 Å². The summed E-state index contributed by atoms with van der Waals surface area (Å²) in [5.74, 6) is -3.57. The monoisotopic (exact) mass is 729 g/mol. The molecule has 0 aromatic heterocycles. The van der Waals surface area contributed by atoms with Gasteiger partial charge in [0, 0.05) is 51.2 Å². The number of nitrogens with zero attached hydrogens (tertiary/aromatic N) is 1. The zero-order valence-corrected chi connectivity index (χ0v) is 30.0. The van der Waals surface area contributed by atoms with Gasteiger partial charge < -0.3 is 36.6 Å². The molecule has 1 heterocycles. The lowest BCUT2D eigenvalue weighted by molar-refractivity contribution is -0.140. The van der Waals surface area contributed by atoms with Crippen molar-refractivity contribution in [2.75, 3.05) is 45.9 Å². The van der Waals surface area contributed by atoms with Crippen LogP contribution in [0.4, 0.5) is 4.79 Å². The van der Waals surface area contributed by atoms with Crippen LogP contribution in [0.25, 0.3) is 0 Å². The predicted molar refractivity (Wildman–Crippen MR) is 187 cm³/mol. The molecule has 0 spiro atoms. The number of nitrogens with one attached hydrogen (secondary N) is 6. The standard InChI is InChI=1S/C35H51N7O10/c1-4-25(43)22-52-35(51)37-15-14-36-29(45)20-40-33(49)27(17-24-11-7-5-8-12-24)41-31(47)21-39-30(46)19-38-28(44)13-9-6-10-16-42-32(48)18-26(23(2)3)34(42)50/h5,7-8,11-12,23,26-27H,4,6,9-10,13-22H2,1-3H3,(H,36,45)(H,37,51)(H,38,44)(H,39,46)(H,40,49)(H,41,47)/t26?,27-/m0/s1. The first kappa shape index (κ1) is 42.8. The van der Waals surface area contributed by atoms with Crippen molar-refractivity contribution in [3.63, 3.8) is 0 Å². The minimum Gasteiger partial charge on any atom is -0.442 e. The number of benzene rings is 1. The molecule has 2 rings (SSSR count). The average Bonchev–Trinajstić information content (AvgIpc) is 3.41. The molecule has 17 heteroatoms. The van der Waals surface area contributed by atoms with E-state index in [1.54, 1.807) is 37.3 Å². The predicted octanol–water partition coefficient (Wildman–Crippen LogP) is -0.524. The lowest BCUT2D eigenvalue weighted by Crippen LogP contribution is -2.52. The minimum atomic E-state index is -1.08. The molecule has 1 unspecified atom stereocenters. The normalized spacial score (nSPS) is 14.3. The molecule has 17 nitrogen and oxygen atoms in total. The minimum absolute atomic E-state index is 0.0209. The molecule has 0 bridgehead atoms. The van der Waals surface area contributed by atoms with Crippen LogP contribution in [0.1, 0.15) is 64.9 Å². The second kappa shape index (κ2) is 23.2. The summed E-state index contributed by atoms with van der Waals surface area (Å²) in [6.07, 6.45) is 1.61. The second-order valence-corrected chi connectivity index (χ2v) is 12.6. The number of unbranched alkanes of at least 4 members (excludes halogenated alkanes) is 2. The Labute approximate surface area is 303 Å². The van der Waals surface area contributed by atoms with E-state index in [0.717, 1.165) is 5.56 Å². The number of Topliss-reactive ketones (excluding diaryl/α,β-unsaturated/α-hetero) is 1. The van der Waals surface area contributed by atoms with Crippen LogP contribution in [-0.2, 0) is 49.5 Å². The number of hydrogen-bond donors (Lipinski definition) is 6. The number of alkyl carbamates (subject to hydrolysis) is 1. The molecule has 2 atom stereocenters. The van der Waals surface area contributed by atoms with Gasteiger partial charge >= 0.3 is 6.09 Å². The lowest BCUT2D eigenvalue weighted by atomic mass is 9.94. The molecule has 0 aliphatic carbocycles. The van der Waals surface area contributed by atoms with E-state index in [0.29, 0.717) is 25.8 Å². The van der Waals surface area contributed by atoms with Crippen molar-refractivity contribution in [3.8, 4) is 0 Å². The van der Waals surface area contributed by atoms with Gasteiger partial charge in [-0.2, -0.15) is 0 Å². The number of hydrogen-bond acceptors (Lipinski definition) is 10. The van der Waals surface area contributed by atoms with Gasteiger partial charge in [-0.15, -0.1) is 0 Å². The highest BCUT2D eigenvalue weighted by molar-refractivity contribution is 6.03. The maximum atomic E-state index is 13.0. The first-order valence-corrected chi connectivity index (χ1v) is 17.5. The number of rotatable bonds is 23. The van der Waals surface area contributed by atoms with Gasteiger partial charge in [0.2, 0.25) is 41.4 Å².